The number of aromatic nitrogens is 2. The largest absolute Gasteiger partial charge is 0.379 e. The van der Waals surface area contributed by atoms with Gasteiger partial charge in [0, 0.05) is 57.5 Å². The maximum absolute atomic E-state index is 12.7. The van der Waals surface area contributed by atoms with Gasteiger partial charge in [-0.1, -0.05) is 0 Å². The van der Waals surface area contributed by atoms with Gasteiger partial charge in [-0.05, 0) is 45.6 Å². The number of likely N-dealkylation sites (tertiary alicyclic amines) is 1. The van der Waals surface area contributed by atoms with Crippen molar-refractivity contribution in [3.63, 3.8) is 0 Å². The van der Waals surface area contributed by atoms with Gasteiger partial charge in [0.05, 0.1) is 24.5 Å². The molecule has 3 saturated heterocycles. The Hall–Kier alpha value is -1.44. The molecule has 3 aliphatic heterocycles. The number of ether oxygens (including phenoxy) is 2. The molecule has 0 saturated carbocycles. The van der Waals surface area contributed by atoms with Crippen LogP contribution in [0.1, 0.15) is 43.5 Å². The van der Waals surface area contributed by atoms with Crippen molar-refractivity contribution >= 4 is 5.91 Å². The second-order valence-corrected chi connectivity index (χ2v) is 8.61. The number of carbonyl (C=O) groups is 1. The molecule has 7 nitrogen and oxygen atoms in total. The van der Waals surface area contributed by atoms with Crippen molar-refractivity contribution in [3.05, 3.63) is 17.5 Å². The van der Waals surface area contributed by atoms with Gasteiger partial charge in [-0.2, -0.15) is 5.10 Å². The van der Waals surface area contributed by atoms with Crippen molar-refractivity contribution in [2.75, 3.05) is 46.0 Å². The highest BCUT2D eigenvalue weighted by atomic mass is 16.5. The smallest absolute Gasteiger partial charge is 0.224 e. The topological polar surface area (TPSA) is 59.8 Å². The Bertz CT molecular complexity index is 675. The van der Waals surface area contributed by atoms with Crippen LogP contribution in [0.4, 0.5) is 0 Å². The third kappa shape index (κ3) is 4.42. The predicted molar refractivity (Wildman–Crippen MR) is 106 cm³/mol. The van der Waals surface area contributed by atoms with E-state index in [0.29, 0.717) is 19.0 Å². The highest BCUT2D eigenvalue weighted by Crippen LogP contribution is 2.37. The summed E-state index contributed by atoms with van der Waals surface area (Å²) in [4.78, 5) is 17.3. The van der Waals surface area contributed by atoms with Gasteiger partial charge in [-0.15, -0.1) is 0 Å². The molecule has 0 N–H and O–H groups in total. The summed E-state index contributed by atoms with van der Waals surface area (Å²) in [6.45, 7) is 10.9. The van der Waals surface area contributed by atoms with Crippen molar-refractivity contribution in [3.8, 4) is 0 Å². The van der Waals surface area contributed by atoms with E-state index < -0.39 is 0 Å². The number of piperidine rings is 1. The normalized spacial score (nSPS) is 25.9. The van der Waals surface area contributed by atoms with E-state index in [0.717, 1.165) is 83.1 Å². The summed E-state index contributed by atoms with van der Waals surface area (Å²) < 4.78 is 13.7. The van der Waals surface area contributed by atoms with Crippen LogP contribution in [0.25, 0.3) is 0 Å². The summed E-state index contributed by atoms with van der Waals surface area (Å²) in [5.41, 5.74) is 2.09. The van der Waals surface area contributed by atoms with Crippen LogP contribution in [0.2, 0.25) is 0 Å². The lowest BCUT2D eigenvalue weighted by Crippen LogP contribution is -2.55. The van der Waals surface area contributed by atoms with Crippen LogP contribution in [0, 0.1) is 13.8 Å². The molecule has 1 amide bonds. The van der Waals surface area contributed by atoms with E-state index in [1.54, 1.807) is 0 Å². The number of carbonyl (C=O) groups excluding carboxylic acids is 1. The fraction of sp³-hybridized carbons (Fsp3) is 0.810. The van der Waals surface area contributed by atoms with Gasteiger partial charge in [0.1, 0.15) is 0 Å². The minimum Gasteiger partial charge on any atom is -0.379 e. The molecule has 3 aliphatic rings. The number of hydrogen-bond acceptors (Lipinski definition) is 5. The number of rotatable bonds is 4. The SMILES string of the molecule is Cc1cc(C)n(CCC(=O)N2CCC3(CC2)CC(N2CCOCC2)CCO3)n1. The van der Waals surface area contributed by atoms with Crippen LogP contribution in [0.5, 0.6) is 0 Å². The first kappa shape index (κ1) is 19.9. The van der Waals surface area contributed by atoms with Gasteiger partial charge in [0.25, 0.3) is 0 Å². The number of aryl methyl sites for hydroxylation is 3. The Balaban J connectivity index is 1.27. The van der Waals surface area contributed by atoms with Crippen LogP contribution < -0.4 is 0 Å². The van der Waals surface area contributed by atoms with Gasteiger partial charge in [-0.3, -0.25) is 14.4 Å². The zero-order chi connectivity index (χ0) is 19.6. The highest BCUT2D eigenvalue weighted by molar-refractivity contribution is 5.76. The van der Waals surface area contributed by atoms with E-state index >= 15 is 0 Å². The van der Waals surface area contributed by atoms with Crippen molar-refractivity contribution in [1.29, 1.82) is 0 Å². The van der Waals surface area contributed by atoms with Crippen molar-refractivity contribution in [2.45, 2.75) is 64.1 Å². The van der Waals surface area contributed by atoms with Crippen LogP contribution in [-0.4, -0.2) is 83.1 Å². The average molecular weight is 391 g/mol. The molecule has 0 aliphatic carbocycles. The Labute approximate surface area is 167 Å². The lowest BCUT2D eigenvalue weighted by atomic mass is 9.81. The summed E-state index contributed by atoms with van der Waals surface area (Å²) in [5.74, 6) is 0.239. The van der Waals surface area contributed by atoms with Gasteiger partial charge < -0.3 is 14.4 Å². The second kappa shape index (κ2) is 8.51. The first-order valence-corrected chi connectivity index (χ1v) is 10.8. The predicted octanol–water partition coefficient (Wildman–Crippen LogP) is 1.76. The minimum absolute atomic E-state index is 0.0340. The number of morpholine rings is 1. The maximum atomic E-state index is 12.7. The summed E-state index contributed by atoms with van der Waals surface area (Å²) in [7, 11) is 0. The number of nitrogens with zero attached hydrogens (tertiary/aromatic N) is 4. The zero-order valence-electron chi connectivity index (χ0n) is 17.4. The van der Waals surface area contributed by atoms with Gasteiger partial charge in [0.15, 0.2) is 0 Å². The second-order valence-electron chi connectivity index (χ2n) is 8.61. The van der Waals surface area contributed by atoms with E-state index in [1.165, 1.54) is 0 Å². The van der Waals surface area contributed by atoms with E-state index in [9.17, 15) is 4.79 Å². The highest BCUT2D eigenvalue weighted by Gasteiger charge is 2.42. The Kier molecular flexibility index (Phi) is 6.04. The Morgan fingerprint density at radius 3 is 2.61 bits per heavy atom. The Morgan fingerprint density at radius 1 is 1.18 bits per heavy atom. The van der Waals surface area contributed by atoms with Gasteiger partial charge in [0.2, 0.25) is 5.91 Å². The van der Waals surface area contributed by atoms with Crippen LogP contribution >= 0.6 is 0 Å². The van der Waals surface area contributed by atoms with E-state index in [-0.39, 0.29) is 11.5 Å². The fourth-order valence-electron chi connectivity index (χ4n) is 5.03. The molecule has 4 heterocycles. The molecular weight excluding hydrogens is 356 g/mol. The molecule has 0 bridgehead atoms. The molecular formula is C21H34N4O3. The quantitative estimate of drug-likeness (QED) is 0.784. The van der Waals surface area contributed by atoms with Crippen molar-refractivity contribution in [1.82, 2.24) is 19.6 Å². The molecule has 3 fully saturated rings. The van der Waals surface area contributed by atoms with E-state index in [4.69, 9.17) is 9.47 Å². The molecule has 4 rings (SSSR count). The van der Waals surface area contributed by atoms with Crippen molar-refractivity contribution in [2.24, 2.45) is 0 Å². The molecule has 28 heavy (non-hydrogen) atoms. The third-order valence-electron chi connectivity index (χ3n) is 6.70. The van der Waals surface area contributed by atoms with Gasteiger partial charge >= 0.3 is 0 Å². The molecule has 0 radical (unpaired) electrons. The summed E-state index contributed by atoms with van der Waals surface area (Å²) in [5, 5.41) is 4.46. The summed E-state index contributed by atoms with van der Waals surface area (Å²) >= 11 is 0. The molecule has 7 heteroatoms. The van der Waals surface area contributed by atoms with Crippen molar-refractivity contribution < 1.29 is 14.3 Å². The lowest BCUT2D eigenvalue weighted by molar-refractivity contribution is -0.152. The molecule has 1 unspecified atom stereocenters. The Morgan fingerprint density at radius 2 is 1.93 bits per heavy atom. The standard InChI is InChI=1S/C21H34N4O3/c1-17-15-18(2)25(22-17)7-3-20(26)24-8-5-21(6-9-24)16-19(4-12-28-21)23-10-13-27-14-11-23/h15,19H,3-14,16H2,1-2H3. The van der Waals surface area contributed by atoms with Gasteiger partial charge in [-0.25, -0.2) is 0 Å². The molecule has 0 aromatic carbocycles. The number of amides is 1. The zero-order valence-corrected chi connectivity index (χ0v) is 17.4. The monoisotopic (exact) mass is 390 g/mol. The molecule has 1 atom stereocenters. The van der Waals surface area contributed by atoms with E-state index in [1.807, 2.05) is 23.4 Å². The minimum atomic E-state index is -0.0340. The first-order chi connectivity index (χ1) is 13.5. The average Bonchev–Trinajstić information content (AvgIpc) is 3.04. The molecule has 1 aromatic heterocycles. The summed E-state index contributed by atoms with van der Waals surface area (Å²) in [6.07, 6.45) is 4.65. The molecule has 1 aromatic rings. The molecule has 156 valence electrons. The van der Waals surface area contributed by atoms with E-state index in [2.05, 4.69) is 16.1 Å². The first-order valence-electron chi connectivity index (χ1n) is 10.8. The lowest BCUT2D eigenvalue weighted by Gasteiger charge is -2.49. The van der Waals surface area contributed by atoms with Crippen LogP contribution in [0.3, 0.4) is 0 Å². The summed E-state index contributed by atoms with van der Waals surface area (Å²) in [6, 6.07) is 2.66. The van der Waals surface area contributed by atoms with Crippen LogP contribution in [-0.2, 0) is 20.8 Å². The number of hydrogen-bond donors (Lipinski definition) is 0. The van der Waals surface area contributed by atoms with Crippen LogP contribution in [0.15, 0.2) is 6.07 Å². The maximum Gasteiger partial charge on any atom is 0.224 e. The third-order valence-corrected chi connectivity index (χ3v) is 6.70. The molecule has 1 spiro atoms. The fourth-order valence-corrected chi connectivity index (χ4v) is 5.03.